The predicted molar refractivity (Wildman–Crippen MR) is 78.0 cm³/mol. The molecule has 0 aromatic heterocycles. The van der Waals surface area contributed by atoms with Gasteiger partial charge in [-0.3, -0.25) is 9.80 Å². The van der Waals surface area contributed by atoms with Crippen LogP contribution in [0.4, 0.5) is 0 Å². The Kier molecular flexibility index (Phi) is 3.79. The van der Waals surface area contributed by atoms with E-state index in [9.17, 15) is 0 Å². The molecule has 0 saturated carbocycles. The zero-order chi connectivity index (χ0) is 13.6. The summed E-state index contributed by atoms with van der Waals surface area (Å²) in [5.74, 6) is 0. The highest BCUT2D eigenvalue weighted by atomic mass is 15.3. The lowest BCUT2D eigenvalue weighted by Gasteiger charge is -2.42. The van der Waals surface area contributed by atoms with E-state index in [0.717, 1.165) is 6.04 Å². The second-order valence-electron chi connectivity index (χ2n) is 7.79. The Labute approximate surface area is 113 Å². The Morgan fingerprint density at radius 1 is 1.00 bits per heavy atom. The van der Waals surface area contributed by atoms with E-state index in [4.69, 9.17) is 0 Å². The molecule has 2 aliphatic rings. The number of hydrogen-bond acceptors (Lipinski definition) is 3. The molecule has 2 saturated heterocycles. The minimum Gasteiger partial charge on any atom is -0.304 e. The van der Waals surface area contributed by atoms with Crippen LogP contribution in [0.1, 0.15) is 41.0 Å². The molecule has 0 bridgehead atoms. The van der Waals surface area contributed by atoms with Crippen molar-refractivity contribution in [2.45, 2.75) is 58.2 Å². The molecule has 18 heavy (non-hydrogen) atoms. The van der Waals surface area contributed by atoms with Crippen LogP contribution in [0.2, 0.25) is 0 Å². The number of likely N-dealkylation sites (N-methyl/N-ethyl adjacent to an activating group) is 1. The maximum absolute atomic E-state index is 2.72. The van der Waals surface area contributed by atoms with Crippen LogP contribution in [0.5, 0.6) is 0 Å². The van der Waals surface area contributed by atoms with Crippen LogP contribution in [0, 0.1) is 0 Å². The average molecular weight is 253 g/mol. The molecule has 0 radical (unpaired) electrons. The van der Waals surface area contributed by atoms with Crippen LogP contribution < -0.4 is 0 Å². The predicted octanol–water partition coefficient (Wildman–Crippen LogP) is 1.89. The third-order valence-electron chi connectivity index (χ3n) is 4.72. The van der Waals surface area contributed by atoms with E-state index in [1.165, 1.54) is 39.1 Å². The van der Waals surface area contributed by atoms with Crippen LogP contribution in [0.25, 0.3) is 0 Å². The zero-order valence-electron chi connectivity index (χ0n) is 13.2. The van der Waals surface area contributed by atoms with Crippen LogP contribution in [0.15, 0.2) is 0 Å². The summed E-state index contributed by atoms with van der Waals surface area (Å²) in [6.45, 7) is 18.1. The molecule has 106 valence electrons. The third kappa shape index (κ3) is 2.89. The Balaban J connectivity index is 2.01. The minimum atomic E-state index is 0.283. The van der Waals surface area contributed by atoms with Crippen LogP contribution in [-0.4, -0.2) is 71.6 Å². The smallest absolute Gasteiger partial charge is 0.0242 e. The highest BCUT2D eigenvalue weighted by Crippen LogP contribution is 2.36. The van der Waals surface area contributed by atoms with Gasteiger partial charge in [0, 0.05) is 49.8 Å². The molecule has 1 unspecified atom stereocenters. The van der Waals surface area contributed by atoms with Crippen molar-refractivity contribution >= 4 is 0 Å². The van der Waals surface area contributed by atoms with Gasteiger partial charge in [-0.05, 0) is 48.1 Å². The number of likely N-dealkylation sites (tertiary alicyclic amines) is 1. The standard InChI is InChI=1S/C15H31N3/c1-14(2,3)18-12-13(11-15(18,4)5)17-9-7-16(6)8-10-17/h13H,7-12H2,1-6H3. The first-order chi connectivity index (χ1) is 8.20. The van der Waals surface area contributed by atoms with E-state index in [1.807, 2.05) is 0 Å². The summed E-state index contributed by atoms with van der Waals surface area (Å²) < 4.78 is 0. The fourth-order valence-electron chi connectivity index (χ4n) is 3.82. The van der Waals surface area contributed by atoms with E-state index in [2.05, 4.69) is 56.4 Å². The first kappa shape index (κ1) is 14.3. The number of rotatable bonds is 1. The summed E-state index contributed by atoms with van der Waals surface area (Å²) in [6, 6.07) is 0.757. The van der Waals surface area contributed by atoms with Crippen LogP contribution in [-0.2, 0) is 0 Å². The summed E-state index contributed by atoms with van der Waals surface area (Å²) in [5.41, 5.74) is 0.622. The minimum absolute atomic E-state index is 0.283. The van der Waals surface area contributed by atoms with E-state index >= 15 is 0 Å². The average Bonchev–Trinajstić information content (AvgIpc) is 2.55. The van der Waals surface area contributed by atoms with Gasteiger partial charge in [-0.1, -0.05) is 0 Å². The fraction of sp³-hybridized carbons (Fsp3) is 1.00. The maximum atomic E-state index is 2.72. The molecule has 3 nitrogen and oxygen atoms in total. The summed E-state index contributed by atoms with van der Waals surface area (Å²) >= 11 is 0. The maximum Gasteiger partial charge on any atom is 0.0242 e. The van der Waals surface area contributed by atoms with Crippen molar-refractivity contribution in [3.63, 3.8) is 0 Å². The lowest BCUT2D eigenvalue weighted by atomic mass is 9.95. The molecule has 0 N–H and O–H groups in total. The molecule has 2 fully saturated rings. The summed E-state index contributed by atoms with van der Waals surface area (Å²) in [7, 11) is 2.23. The normalized spacial score (nSPS) is 32.0. The lowest BCUT2D eigenvalue weighted by molar-refractivity contribution is 0.0625. The first-order valence-electron chi connectivity index (χ1n) is 7.40. The van der Waals surface area contributed by atoms with Crippen molar-refractivity contribution in [2.24, 2.45) is 0 Å². The largest absolute Gasteiger partial charge is 0.304 e. The van der Waals surface area contributed by atoms with Crippen molar-refractivity contribution in [3.05, 3.63) is 0 Å². The molecule has 2 rings (SSSR count). The second kappa shape index (κ2) is 4.77. The molecule has 0 spiro atoms. The van der Waals surface area contributed by atoms with Crippen LogP contribution >= 0.6 is 0 Å². The topological polar surface area (TPSA) is 9.72 Å². The first-order valence-corrected chi connectivity index (χ1v) is 7.40. The molecule has 1 atom stereocenters. The van der Waals surface area contributed by atoms with Gasteiger partial charge < -0.3 is 4.90 Å². The van der Waals surface area contributed by atoms with Gasteiger partial charge in [-0.15, -0.1) is 0 Å². The van der Waals surface area contributed by atoms with Crippen molar-refractivity contribution in [1.29, 1.82) is 0 Å². The molecule has 2 aliphatic heterocycles. The molecule has 0 aromatic rings. The SMILES string of the molecule is CN1CCN(C2CN(C(C)(C)C)C(C)(C)C2)CC1. The van der Waals surface area contributed by atoms with Gasteiger partial charge in [-0.25, -0.2) is 0 Å². The van der Waals surface area contributed by atoms with Gasteiger partial charge in [0.05, 0.1) is 0 Å². The lowest BCUT2D eigenvalue weighted by Crippen LogP contribution is -2.51. The quantitative estimate of drug-likeness (QED) is 0.706. The van der Waals surface area contributed by atoms with Crippen molar-refractivity contribution < 1.29 is 0 Å². The monoisotopic (exact) mass is 253 g/mol. The Morgan fingerprint density at radius 2 is 1.56 bits per heavy atom. The molecular formula is C15H31N3. The highest BCUT2D eigenvalue weighted by Gasteiger charge is 2.45. The van der Waals surface area contributed by atoms with E-state index in [1.54, 1.807) is 0 Å². The van der Waals surface area contributed by atoms with Gasteiger partial charge in [0.2, 0.25) is 0 Å². The van der Waals surface area contributed by atoms with Gasteiger partial charge in [0.1, 0.15) is 0 Å². The summed E-state index contributed by atoms with van der Waals surface area (Å²) in [6.07, 6.45) is 1.31. The Morgan fingerprint density at radius 3 is 2.00 bits per heavy atom. The molecular weight excluding hydrogens is 222 g/mol. The van der Waals surface area contributed by atoms with Gasteiger partial charge in [-0.2, -0.15) is 0 Å². The van der Waals surface area contributed by atoms with Gasteiger partial charge in [0.15, 0.2) is 0 Å². The van der Waals surface area contributed by atoms with Crippen molar-refractivity contribution in [2.75, 3.05) is 39.8 Å². The molecule has 3 heteroatoms. The molecule has 0 aromatic carbocycles. The van der Waals surface area contributed by atoms with E-state index in [-0.39, 0.29) is 5.54 Å². The fourth-order valence-corrected chi connectivity index (χ4v) is 3.82. The summed E-state index contributed by atoms with van der Waals surface area (Å²) in [5, 5.41) is 0. The Hall–Kier alpha value is -0.120. The highest BCUT2D eigenvalue weighted by molar-refractivity contribution is 5.02. The number of hydrogen-bond donors (Lipinski definition) is 0. The molecule has 2 heterocycles. The van der Waals surface area contributed by atoms with Gasteiger partial charge in [0.25, 0.3) is 0 Å². The van der Waals surface area contributed by atoms with Crippen molar-refractivity contribution in [3.8, 4) is 0 Å². The van der Waals surface area contributed by atoms with Gasteiger partial charge >= 0.3 is 0 Å². The van der Waals surface area contributed by atoms with E-state index in [0.29, 0.717) is 5.54 Å². The second-order valence-corrected chi connectivity index (χ2v) is 7.79. The van der Waals surface area contributed by atoms with Crippen molar-refractivity contribution in [1.82, 2.24) is 14.7 Å². The number of nitrogens with zero attached hydrogens (tertiary/aromatic N) is 3. The number of piperazine rings is 1. The molecule has 0 amide bonds. The molecule has 0 aliphatic carbocycles. The van der Waals surface area contributed by atoms with E-state index < -0.39 is 0 Å². The zero-order valence-corrected chi connectivity index (χ0v) is 13.2. The Bertz CT molecular complexity index is 285. The summed E-state index contributed by atoms with van der Waals surface area (Å²) in [4.78, 5) is 7.86. The van der Waals surface area contributed by atoms with Crippen LogP contribution in [0.3, 0.4) is 0 Å². The third-order valence-corrected chi connectivity index (χ3v) is 4.72.